The Hall–Kier alpha value is -0.820. The SMILES string of the molecule is Cc1ccc(C)c2c1CC1(CCN(C)CC1)C2. The molecule has 0 unspecified atom stereocenters. The van der Waals surface area contributed by atoms with Gasteiger partial charge in [-0.25, -0.2) is 0 Å². The second-order valence-corrected chi connectivity index (χ2v) is 6.31. The number of piperidine rings is 1. The van der Waals surface area contributed by atoms with Crippen molar-refractivity contribution in [3.05, 3.63) is 34.4 Å². The highest BCUT2D eigenvalue weighted by atomic mass is 15.1. The maximum absolute atomic E-state index is 2.48. The Bertz CT molecular complexity index is 406. The van der Waals surface area contributed by atoms with Crippen molar-refractivity contribution in [2.24, 2.45) is 5.41 Å². The van der Waals surface area contributed by atoms with Crippen LogP contribution in [0.15, 0.2) is 12.1 Å². The number of aryl methyl sites for hydroxylation is 2. The average molecular weight is 229 g/mol. The number of rotatable bonds is 0. The van der Waals surface area contributed by atoms with Gasteiger partial charge in [-0.1, -0.05) is 12.1 Å². The number of hydrogen-bond acceptors (Lipinski definition) is 1. The molecule has 1 nitrogen and oxygen atoms in total. The number of likely N-dealkylation sites (tertiary alicyclic amines) is 1. The van der Waals surface area contributed by atoms with E-state index in [1.54, 1.807) is 11.1 Å². The highest BCUT2D eigenvalue weighted by molar-refractivity contribution is 5.45. The fourth-order valence-corrected chi connectivity index (χ4v) is 3.68. The van der Waals surface area contributed by atoms with Crippen LogP contribution in [-0.2, 0) is 12.8 Å². The van der Waals surface area contributed by atoms with Gasteiger partial charge in [0.15, 0.2) is 0 Å². The zero-order valence-electron chi connectivity index (χ0n) is 11.3. The Morgan fingerprint density at radius 1 is 0.941 bits per heavy atom. The van der Waals surface area contributed by atoms with Gasteiger partial charge in [0, 0.05) is 0 Å². The molecule has 1 aromatic rings. The Morgan fingerprint density at radius 2 is 1.41 bits per heavy atom. The smallest absolute Gasteiger partial charge is 0.00163 e. The molecule has 2 aliphatic rings. The minimum absolute atomic E-state index is 0.603. The van der Waals surface area contributed by atoms with Gasteiger partial charge in [-0.2, -0.15) is 0 Å². The Morgan fingerprint density at radius 3 is 1.88 bits per heavy atom. The molecule has 17 heavy (non-hydrogen) atoms. The summed E-state index contributed by atoms with van der Waals surface area (Å²) in [6.07, 6.45) is 5.45. The summed E-state index contributed by atoms with van der Waals surface area (Å²) in [5, 5.41) is 0. The van der Waals surface area contributed by atoms with Gasteiger partial charge in [-0.05, 0) is 87.3 Å². The van der Waals surface area contributed by atoms with E-state index >= 15 is 0 Å². The van der Waals surface area contributed by atoms with Crippen LogP contribution in [0.25, 0.3) is 0 Å². The Labute approximate surface area is 105 Å². The third-order valence-electron chi connectivity index (χ3n) is 5.05. The van der Waals surface area contributed by atoms with Crippen LogP contribution in [0, 0.1) is 19.3 Å². The van der Waals surface area contributed by atoms with Crippen molar-refractivity contribution in [2.75, 3.05) is 20.1 Å². The lowest BCUT2D eigenvalue weighted by Crippen LogP contribution is -2.38. The van der Waals surface area contributed by atoms with Gasteiger partial charge in [0.05, 0.1) is 0 Å². The molecule has 0 saturated carbocycles. The third kappa shape index (κ3) is 1.81. The second kappa shape index (κ2) is 3.84. The van der Waals surface area contributed by atoms with Gasteiger partial charge in [-0.15, -0.1) is 0 Å². The van der Waals surface area contributed by atoms with Gasteiger partial charge in [-0.3, -0.25) is 0 Å². The lowest BCUT2D eigenvalue weighted by Gasteiger charge is -2.37. The molecule has 1 aromatic carbocycles. The summed E-state index contributed by atoms with van der Waals surface area (Å²) < 4.78 is 0. The minimum atomic E-state index is 0.603. The molecular weight excluding hydrogens is 206 g/mol. The molecule has 1 saturated heterocycles. The first-order chi connectivity index (χ1) is 8.10. The van der Waals surface area contributed by atoms with Crippen LogP contribution < -0.4 is 0 Å². The molecule has 1 aliphatic heterocycles. The van der Waals surface area contributed by atoms with Gasteiger partial charge < -0.3 is 4.90 Å². The maximum Gasteiger partial charge on any atom is -0.00163 e. The first-order valence-electron chi connectivity index (χ1n) is 6.86. The van der Waals surface area contributed by atoms with E-state index < -0.39 is 0 Å². The van der Waals surface area contributed by atoms with Crippen LogP contribution in [0.1, 0.15) is 35.1 Å². The van der Waals surface area contributed by atoms with E-state index in [0.717, 1.165) is 0 Å². The summed E-state index contributed by atoms with van der Waals surface area (Å²) >= 11 is 0. The molecule has 1 aliphatic carbocycles. The fourth-order valence-electron chi connectivity index (χ4n) is 3.68. The molecule has 1 spiro atoms. The van der Waals surface area contributed by atoms with Crippen LogP contribution in [0.5, 0.6) is 0 Å². The zero-order chi connectivity index (χ0) is 12.0. The van der Waals surface area contributed by atoms with Crippen molar-refractivity contribution in [1.29, 1.82) is 0 Å². The molecule has 3 rings (SSSR count). The second-order valence-electron chi connectivity index (χ2n) is 6.31. The summed E-state index contributed by atoms with van der Waals surface area (Å²) in [4.78, 5) is 2.48. The monoisotopic (exact) mass is 229 g/mol. The van der Waals surface area contributed by atoms with Gasteiger partial charge in [0.2, 0.25) is 0 Å². The standard InChI is InChI=1S/C16H23N/c1-12-4-5-13(2)15-11-16(10-14(12)15)6-8-17(3)9-7-16/h4-5H,6-11H2,1-3H3. The van der Waals surface area contributed by atoms with E-state index in [1.165, 1.54) is 49.9 Å². The quantitative estimate of drug-likeness (QED) is 0.660. The summed E-state index contributed by atoms with van der Waals surface area (Å²) in [7, 11) is 2.26. The molecule has 0 bridgehead atoms. The van der Waals surface area contributed by atoms with Gasteiger partial charge in [0.1, 0.15) is 0 Å². The van der Waals surface area contributed by atoms with Gasteiger partial charge in [0.25, 0.3) is 0 Å². The third-order valence-corrected chi connectivity index (χ3v) is 5.05. The number of nitrogens with zero attached hydrogens (tertiary/aromatic N) is 1. The molecule has 0 N–H and O–H groups in total. The molecular formula is C16H23N. The van der Waals surface area contributed by atoms with Crippen molar-refractivity contribution < 1.29 is 0 Å². The van der Waals surface area contributed by atoms with Crippen LogP contribution in [-0.4, -0.2) is 25.0 Å². The molecule has 0 aromatic heterocycles. The van der Waals surface area contributed by atoms with Crippen molar-refractivity contribution in [3.8, 4) is 0 Å². The Balaban J connectivity index is 1.92. The Kier molecular flexibility index (Phi) is 2.55. The maximum atomic E-state index is 2.48. The van der Waals surface area contributed by atoms with Crippen LogP contribution in [0.4, 0.5) is 0 Å². The topological polar surface area (TPSA) is 3.24 Å². The normalized spacial score (nSPS) is 23.0. The highest BCUT2D eigenvalue weighted by Crippen LogP contribution is 2.46. The summed E-state index contributed by atoms with van der Waals surface area (Å²) in [5.41, 5.74) is 6.98. The number of benzene rings is 1. The van der Waals surface area contributed by atoms with E-state index in [1.807, 2.05) is 0 Å². The molecule has 0 amide bonds. The first-order valence-corrected chi connectivity index (χ1v) is 6.86. The summed E-state index contributed by atoms with van der Waals surface area (Å²) in [6.45, 7) is 7.14. The predicted octanol–water partition coefficient (Wildman–Crippen LogP) is 3.11. The average Bonchev–Trinajstić information content (AvgIpc) is 2.70. The van der Waals surface area contributed by atoms with E-state index in [9.17, 15) is 0 Å². The van der Waals surface area contributed by atoms with E-state index in [4.69, 9.17) is 0 Å². The van der Waals surface area contributed by atoms with Crippen LogP contribution in [0.2, 0.25) is 0 Å². The first kappa shape index (κ1) is 11.3. The molecule has 0 radical (unpaired) electrons. The van der Waals surface area contributed by atoms with E-state index in [2.05, 4.69) is 37.9 Å². The van der Waals surface area contributed by atoms with Crippen molar-refractivity contribution in [2.45, 2.75) is 39.5 Å². The number of hydrogen-bond donors (Lipinski definition) is 0. The summed E-state index contributed by atoms with van der Waals surface area (Å²) in [6, 6.07) is 4.62. The molecule has 1 heterocycles. The molecule has 92 valence electrons. The number of fused-ring (bicyclic) bond motifs is 1. The lowest BCUT2D eigenvalue weighted by molar-refractivity contribution is 0.131. The van der Waals surface area contributed by atoms with E-state index in [-0.39, 0.29) is 0 Å². The lowest BCUT2D eigenvalue weighted by atomic mass is 9.76. The molecule has 1 fully saturated rings. The van der Waals surface area contributed by atoms with Crippen molar-refractivity contribution in [1.82, 2.24) is 4.90 Å². The summed E-state index contributed by atoms with van der Waals surface area (Å²) in [5.74, 6) is 0. The van der Waals surface area contributed by atoms with Crippen molar-refractivity contribution >= 4 is 0 Å². The highest BCUT2D eigenvalue weighted by Gasteiger charge is 2.40. The van der Waals surface area contributed by atoms with Crippen LogP contribution in [0.3, 0.4) is 0 Å². The predicted molar refractivity (Wildman–Crippen MR) is 72.5 cm³/mol. The largest absolute Gasteiger partial charge is 0.306 e. The van der Waals surface area contributed by atoms with E-state index in [0.29, 0.717) is 5.41 Å². The zero-order valence-corrected chi connectivity index (χ0v) is 11.3. The molecule has 1 heteroatoms. The van der Waals surface area contributed by atoms with Gasteiger partial charge >= 0.3 is 0 Å². The van der Waals surface area contributed by atoms with Crippen LogP contribution >= 0.6 is 0 Å². The molecule has 0 atom stereocenters. The van der Waals surface area contributed by atoms with Crippen molar-refractivity contribution in [3.63, 3.8) is 0 Å². The fraction of sp³-hybridized carbons (Fsp3) is 0.625. The minimum Gasteiger partial charge on any atom is -0.306 e.